The summed E-state index contributed by atoms with van der Waals surface area (Å²) in [7, 11) is 0. The van der Waals surface area contributed by atoms with Gasteiger partial charge in [0.1, 0.15) is 5.54 Å². The van der Waals surface area contributed by atoms with Crippen LogP contribution in [0.2, 0.25) is 0 Å². The average molecular weight is 213 g/mol. The highest BCUT2D eigenvalue weighted by Gasteiger charge is 2.53. The zero-order valence-electron chi connectivity index (χ0n) is 10.3. The molecule has 2 unspecified atom stereocenters. The van der Waals surface area contributed by atoms with Crippen molar-refractivity contribution in [3.05, 3.63) is 0 Å². The van der Waals surface area contributed by atoms with Crippen LogP contribution in [0.4, 0.5) is 0 Å². The number of hydrogen-bond donors (Lipinski definition) is 2. The zero-order chi connectivity index (χ0) is 11.7. The third kappa shape index (κ3) is 2.33. The van der Waals surface area contributed by atoms with Crippen LogP contribution in [0.25, 0.3) is 0 Å². The van der Waals surface area contributed by atoms with Gasteiger partial charge in [0.2, 0.25) is 0 Å². The molecule has 3 nitrogen and oxygen atoms in total. The van der Waals surface area contributed by atoms with Crippen LogP contribution in [0, 0.1) is 11.3 Å². The van der Waals surface area contributed by atoms with Gasteiger partial charge >= 0.3 is 5.97 Å². The van der Waals surface area contributed by atoms with Gasteiger partial charge in [-0.1, -0.05) is 27.7 Å². The first kappa shape index (κ1) is 12.5. The van der Waals surface area contributed by atoms with Crippen molar-refractivity contribution >= 4 is 5.97 Å². The molecule has 88 valence electrons. The van der Waals surface area contributed by atoms with Crippen LogP contribution in [0.3, 0.4) is 0 Å². The molecular formula is C12H23NO2. The SMILES string of the molecule is CCCNC1(C(=O)O)CC(C)(C)CC1C. The highest BCUT2D eigenvalue weighted by Crippen LogP contribution is 2.47. The smallest absolute Gasteiger partial charge is 0.324 e. The molecule has 3 heteroatoms. The Bertz CT molecular complexity index is 250. The van der Waals surface area contributed by atoms with Gasteiger partial charge in [-0.05, 0) is 37.1 Å². The Morgan fingerprint density at radius 2 is 2.13 bits per heavy atom. The lowest BCUT2D eigenvalue weighted by atomic mass is 9.86. The molecule has 1 saturated carbocycles. The van der Waals surface area contributed by atoms with Crippen LogP contribution in [0.15, 0.2) is 0 Å². The van der Waals surface area contributed by atoms with Gasteiger partial charge in [0.15, 0.2) is 0 Å². The van der Waals surface area contributed by atoms with Crippen molar-refractivity contribution in [2.45, 2.75) is 52.5 Å². The van der Waals surface area contributed by atoms with Crippen molar-refractivity contribution in [1.29, 1.82) is 0 Å². The largest absolute Gasteiger partial charge is 0.480 e. The first-order valence-electron chi connectivity index (χ1n) is 5.82. The Morgan fingerprint density at radius 1 is 1.53 bits per heavy atom. The third-order valence-electron chi connectivity index (χ3n) is 3.53. The lowest BCUT2D eigenvalue weighted by molar-refractivity contribution is -0.146. The molecule has 0 bridgehead atoms. The van der Waals surface area contributed by atoms with E-state index in [0.29, 0.717) is 0 Å². The maximum absolute atomic E-state index is 11.5. The normalized spacial score (nSPS) is 34.3. The summed E-state index contributed by atoms with van der Waals surface area (Å²) in [5.41, 5.74) is -0.557. The summed E-state index contributed by atoms with van der Waals surface area (Å²) in [5.74, 6) is -0.481. The lowest BCUT2D eigenvalue weighted by Gasteiger charge is -2.31. The van der Waals surface area contributed by atoms with Gasteiger partial charge in [0.05, 0.1) is 0 Å². The molecule has 1 fully saturated rings. The fraction of sp³-hybridized carbons (Fsp3) is 0.917. The number of rotatable bonds is 4. The van der Waals surface area contributed by atoms with Crippen LogP contribution >= 0.6 is 0 Å². The Kier molecular flexibility index (Phi) is 3.44. The quantitative estimate of drug-likeness (QED) is 0.753. The first-order valence-corrected chi connectivity index (χ1v) is 5.82. The summed E-state index contributed by atoms with van der Waals surface area (Å²) in [6.45, 7) is 9.20. The maximum Gasteiger partial charge on any atom is 0.324 e. The predicted octanol–water partition coefficient (Wildman–Crippen LogP) is 2.27. The Hall–Kier alpha value is -0.570. The maximum atomic E-state index is 11.5. The van der Waals surface area contributed by atoms with Crippen molar-refractivity contribution in [2.24, 2.45) is 11.3 Å². The Balaban J connectivity index is 2.87. The van der Waals surface area contributed by atoms with E-state index in [-0.39, 0.29) is 11.3 Å². The number of aliphatic carboxylic acids is 1. The van der Waals surface area contributed by atoms with Gasteiger partial charge in [0, 0.05) is 0 Å². The average Bonchev–Trinajstić information content (AvgIpc) is 2.33. The van der Waals surface area contributed by atoms with Crippen LogP contribution < -0.4 is 5.32 Å². The fourth-order valence-corrected chi connectivity index (χ4v) is 2.95. The minimum absolute atomic E-state index is 0.137. The van der Waals surface area contributed by atoms with E-state index >= 15 is 0 Å². The Morgan fingerprint density at radius 3 is 2.47 bits per heavy atom. The second kappa shape index (κ2) is 4.12. The molecule has 1 aliphatic carbocycles. The van der Waals surface area contributed by atoms with Gasteiger partial charge in [-0.2, -0.15) is 0 Å². The molecule has 0 radical (unpaired) electrons. The van der Waals surface area contributed by atoms with Crippen LogP contribution in [0.5, 0.6) is 0 Å². The zero-order valence-corrected chi connectivity index (χ0v) is 10.3. The standard InChI is InChI=1S/C12H23NO2/c1-5-6-13-12(10(14)15)8-11(3,4)7-9(12)2/h9,13H,5-8H2,1-4H3,(H,14,15). The summed E-state index contributed by atoms with van der Waals surface area (Å²) < 4.78 is 0. The highest BCUT2D eigenvalue weighted by molar-refractivity contribution is 5.80. The summed E-state index contributed by atoms with van der Waals surface area (Å²) >= 11 is 0. The first-order chi connectivity index (χ1) is 6.84. The van der Waals surface area contributed by atoms with Gasteiger partial charge < -0.3 is 10.4 Å². The summed E-state index contributed by atoms with van der Waals surface area (Å²) in [4.78, 5) is 11.5. The van der Waals surface area contributed by atoms with Gasteiger partial charge in [0.25, 0.3) is 0 Å². The molecule has 0 aromatic carbocycles. The van der Waals surface area contributed by atoms with E-state index < -0.39 is 11.5 Å². The number of nitrogens with one attached hydrogen (secondary N) is 1. The molecule has 0 amide bonds. The number of carboxylic acids is 1. The van der Waals surface area contributed by atoms with Crippen LogP contribution in [0.1, 0.15) is 47.0 Å². The number of hydrogen-bond acceptors (Lipinski definition) is 2. The summed E-state index contributed by atoms with van der Waals surface area (Å²) in [6, 6.07) is 0. The molecule has 0 saturated heterocycles. The summed E-state index contributed by atoms with van der Waals surface area (Å²) in [6.07, 6.45) is 2.69. The molecule has 0 heterocycles. The molecule has 1 aliphatic rings. The molecule has 1 rings (SSSR count). The second-order valence-electron chi connectivity index (χ2n) is 5.65. The van der Waals surface area contributed by atoms with Crippen molar-refractivity contribution < 1.29 is 9.90 Å². The van der Waals surface area contributed by atoms with Gasteiger partial charge in [-0.25, -0.2) is 0 Å². The van der Waals surface area contributed by atoms with Gasteiger partial charge in [-0.15, -0.1) is 0 Å². The molecule has 15 heavy (non-hydrogen) atoms. The van der Waals surface area contributed by atoms with Crippen molar-refractivity contribution in [3.63, 3.8) is 0 Å². The minimum Gasteiger partial charge on any atom is -0.480 e. The Labute approximate surface area is 92.3 Å². The highest BCUT2D eigenvalue weighted by atomic mass is 16.4. The molecule has 0 aromatic rings. The summed E-state index contributed by atoms with van der Waals surface area (Å²) in [5, 5.41) is 12.7. The predicted molar refractivity (Wildman–Crippen MR) is 60.8 cm³/mol. The fourth-order valence-electron chi connectivity index (χ4n) is 2.95. The number of carboxylic acid groups (broad SMARTS) is 1. The molecule has 0 aromatic heterocycles. The molecule has 0 aliphatic heterocycles. The number of carbonyl (C=O) groups is 1. The van der Waals surface area contributed by atoms with Crippen LogP contribution in [-0.2, 0) is 4.79 Å². The monoisotopic (exact) mass is 213 g/mol. The van der Waals surface area contributed by atoms with E-state index in [1.54, 1.807) is 0 Å². The van der Waals surface area contributed by atoms with Crippen molar-refractivity contribution in [2.75, 3.05) is 6.54 Å². The van der Waals surface area contributed by atoms with Crippen molar-refractivity contribution in [3.8, 4) is 0 Å². The van der Waals surface area contributed by atoms with Crippen molar-refractivity contribution in [1.82, 2.24) is 5.32 Å². The molecule has 0 spiro atoms. The third-order valence-corrected chi connectivity index (χ3v) is 3.53. The van der Waals surface area contributed by atoms with E-state index in [1.165, 1.54) is 0 Å². The lowest BCUT2D eigenvalue weighted by Crippen LogP contribution is -2.54. The topological polar surface area (TPSA) is 49.3 Å². The van der Waals surface area contributed by atoms with E-state index in [1.807, 2.05) is 6.92 Å². The molecular weight excluding hydrogens is 190 g/mol. The minimum atomic E-state index is -0.695. The van der Waals surface area contributed by atoms with E-state index in [0.717, 1.165) is 25.8 Å². The van der Waals surface area contributed by atoms with Gasteiger partial charge in [-0.3, -0.25) is 4.79 Å². The molecule has 2 atom stereocenters. The van der Waals surface area contributed by atoms with E-state index in [2.05, 4.69) is 26.1 Å². The van der Waals surface area contributed by atoms with Crippen LogP contribution in [-0.4, -0.2) is 23.2 Å². The van der Waals surface area contributed by atoms with E-state index in [9.17, 15) is 9.90 Å². The van der Waals surface area contributed by atoms with E-state index in [4.69, 9.17) is 0 Å². The second-order valence-corrected chi connectivity index (χ2v) is 5.65. The molecule has 2 N–H and O–H groups in total.